The number of carbonyl (C=O) groups is 4. The first kappa shape index (κ1) is 20.8. The van der Waals surface area contributed by atoms with E-state index in [2.05, 4.69) is 10.9 Å². The van der Waals surface area contributed by atoms with Crippen LogP contribution in [0.4, 0.5) is 5.69 Å². The molecule has 2 aliphatic heterocycles. The number of amides is 4. The molecule has 0 radical (unpaired) electrons. The lowest BCUT2D eigenvalue weighted by molar-refractivity contribution is -0.385. The number of nitro groups is 1. The van der Waals surface area contributed by atoms with Crippen LogP contribution in [-0.4, -0.2) is 52.7 Å². The lowest BCUT2D eigenvalue weighted by Gasteiger charge is -2.25. The van der Waals surface area contributed by atoms with E-state index in [1.807, 2.05) is 0 Å². The number of hydrogen-bond donors (Lipinski definition) is 2. The molecular weight excluding hydrogens is 424 g/mol. The Morgan fingerprint density at radius 2 is 1.81 bits per heavy atom. The van der Waals surface area contributed by atoms with E-state index in [-0.39, 0.29) is 30.7 Å². The molecule has 12 nitrogen and oxygen atoms in total. The molecule has 4 rings (SSSR count). The average molecular weight is 440 g/mol. The van der Waals surface area contributed by atoms with Crippen LogP contribution < -0.4 is 20.3 Å². The molecule has 2 aromatic carbocycles. The van der Waals surface area contributed by atoms with Crippen molar-refractivity contribution in [3.63, 3.8) is 0 Å². The summed E-state index contributed by atoms with van der Waals surface area (Å²) in [6.07, 6.45) is -1.31. The molecule has 0 saturated carbocycles. The second-order valence-electron chi connectivity index (χ2n) is 6.87. The van der Waals surface area contributed by atoms with Crippen LogP contribution in [0.15, 0.2) is 42.5 Å². The molecule has 2 aliphatic rings. The first-order valence-electron chi connectivity index (χ1n) is 9.47. The van der Waals surface area contributed by atoms with Crippen LogP contribution in [0.25, 0.3) is 0 Å². The van der Waals surface area contributed by atoms with E-state index < -0.39 is 40.3 Å². The predicted molar refractivity (Wildman–Crippen MR) is 106 cm³/mol. The van der Waals surface area contributed by atoms with Gasteiger partial charge in [-0.25, -0.2) is 0 Å². The van der Waals surface area contributed by atoms with Gasteiger partial charge in [0.2, 0.25) is 12.0 Å². The Kier molecular flexibility index (Phi) is 5.41. The van der Waals surface area contributed by atoms with Crippen LogP contribution in [0.1, 0.15) is 27.1 Å². The second kappa shape index (κ2) is 8.34. The quantitative estimate of drug-likeness (QED) is 0.388. The van der Waals surface area contributed by atoms with Gasteiger partial charge in [0.1, 0.15) is 12.2 Å². The van der Waals surface area contributed by atoms with Crippen molar-refractivity contribution < 1.29 is 33.6 Å². The Morgan fingerprint density at radius 3 is 2.56 bits per heavy atom. The number of benzene rings is 2. The molecule has 12 heteroatoms. The molecule has 1 atom stereocenters. The van der Waals surface area contributed by atoms with Gasteiger partial charge in [0.05, 0.1) is 10.5 Å². The van der Waals surface area contributed by atoms with Crippen LogP contribution in [-0.2, 0) is 9.59 Å². The highest BCUT2D eigenvalue weighted by atomic mass is 16.6. The normalized spacial score (nSPS) is 16.4. The lowest BCUT2D eigenvalue weighted by atomic mass is 10.1. The number of carbonyl (C=O) groups excluding carboxylic acids is 4. The molecule has 0 unspecified atom stereocenters. The number of fused-ring (bicyclic) bond motifs is 2. The highest BCUT2D eigenvalue weighted by molar-refractivity contribution is 6.23. The first-order valence-corrected chi connectivity index (χ1v) is 9.47. The molecule has 2 heterocycles. The maximum absolute atomic E-state index is 12.5. The smallest absolute Gasteiger partial charge is 0.283 e. The fourth-order valence-corrected chi connectivity index (χ4v) is 3.31. The molecule has 32 heavy (non-hydrogen) atoms. The number of nitrogens with zero attached hydrogens (tertiary/aromatic N) is 2. The van der Waals surface area contributed by atoms with Gasteiger partial charge in [-0.1, -0.05) is 18.2 Å². The molecule has 164 valence electrons. The Morgan fingerprint density at radius 1 is 1.06 bits per heavy atom. The van der Waals surface area contributed by atoms with E-state index in [0.29, 0.717) is 11.5 Å². The van der Waals surface area contributed by atoms with E-state index in [0.717, 1.165) is 11.0 Å². The molecule has 0 saturated heterocycles. The van der Waals surface area contributed by atoms with Gasteiger partial charge in [-0.15, -0.1) is 0 Å². The summed E-state index contributed by atoms with van der Waals surface area (Å²) in [6, 6.07) is 10.6. The number of nitrogens with one attached hydrogen (secondary N) is 2. The van der Waals surface area contributed by atoms with Gasteiger partial charge in [-0.05, 0) is 18.2 Å². The van der Waals surface area contributed by atoms with Crippen LogP contribution in [0.3, 0.4) is 0 Å². The number of para-hydroxylation sites is 2. The van der Waals surface area contributed by atoms with Crippen molar-refractivity contribution in [2.75, 3.05) is 13.2 Å². The van der Waals surface area contributed by atoms with E-state index in [1.165, 1.54) is 12.1 Å². The summed E-state index contributed by atoms with van der Waals surface area (Å²) >= 11 is 0. The maximum Gasteiger partial charge on any atom is 0.283 e. The van der Waals surface area contributed by atoms with Crippen LogP contribution in [0.2, 0.25) is 0 Å². The van der Waals surface area contributed by atoms with Crippen molar-refractivity contribution in [3.8, 4) is 11.5 Å². The van der Waals surface area contributed by atoms with Gasteiger partial charge in [0.15, 0.2) is 11.5 Å². The zero-order valence-electron chi connectivity index (χ0n) is 16.4. The fraction of sp³-hybridized carbons (Fsp3) is 0.200. The van der Waals surface area contributed by atoms with Gasteiger partial charge >= 0.3 is 0 Å². The fourth-order valence-electron chi connectivity index (χ4n) is 3.31. The third-order valence-electron chi connectivity index (χ3n) is 4.86. The van der Waals surface area contributed by atoms with E-state index in [1.54, 1.807) is 24.3 Å². The van der Waals surface area contributed by atoms with Crippen LogP contribution in [0, 0.1) is 10.1 Å². The highest BCUT2D eigenvalue weighted by Crippen LogP contribution is 2.31. The van der Waals surface area contributed by atoms with Crippen LogP contribution >= 0.6 is 0 Å². The maximum atomic E-state index is 12.5. The van der Waals surface area contributed by atoms with Crippen molar-refractivity contribution in [1.29, 1.82) is 0 Å². The van der Waals surface area contributed by atoms with Crippen molar-refractivity contribution in [2.45, 2.75) is 12.5 Å². The summed E-state index contributed by atoms with van der Waals surface area (Å²) in [6.45, 7) is -0.367. The summed E-state index contributed by atoms with van der Waals surface area (Å²) in [5, 5.41) is 11.1. The number of hydrogen-bond acceptors (Lipinski definition) is 8. The van der Waals surface area contributed by atoms with Gasteiger partial charge in [0, 0.05) is 19.0 Å². The molecule has 4 amide bonds. The Bertz CT molecular complexity index is 1150. The second-order valence-corrected chi connectivity index (χ2v) is 6.87. The number of nitro benzene ring substituents is 1. The minimum atomic E-state index is -0.984. The molecule has 0 aromatic heterocycles. The monoisotopic (exact) mass is 440 g/mol. The van der Waals surface area contributed by atoms with Crippen molar-refractivity contribution >= 4 is 29.3 Å². The topological polar surface area (TPSA) is 157 Å². The molecule has 2 N–H and O–H groups in total. The van der Waals surface area contributed by atoms with Crippen molar-refractivity contribution in [1.82, 2.24) is 15.8 Å². The SMILES string of the molecule is O=C(CCN1C(=O)c2cccc([N+](=O)[O-])c2C1=O)NNC(=O)[C@@H]1COc2ccccc2O1. The average Bonchev–Trinajstić information content (AvgIpc) is 3.05. The lowest BCUT2D eigenvalue weighted by Crippen LogP contribution is -2.51. The summed E-state index contributed by atoms with van der Waals surface area (Å²) in [7, 11) is 0. The van der Waals surface area contributed by atoms with E-state index in [4.69, 9.17) is 9.47 Å². The minimum Gasteiger partial charge on any atom is -0.485 e. The summed E-state index contributed by atoms with van der Waals surface area (Å²) < 4.78 is 11.0. The van der Waals surface area contributed by atoms with Gasteiger partial charge in [0.25, 0.3) is 23.4 Å². The predicted octanol–water partition coefficient (Wildman–Crippen LogP) is 0.568. The van der Waals surface area contributed by atoms with Crippen molar-refractivity contribution in [2.24, 2.45) is 0 Å². The largest absolute Gasteiger partial charge is 0.485 e. The zero-order chi connectivity index (χ0) is 22.8. The minimum absolute atomic E-state index is 0.0491. The third kappa shape index (κ3) is 3.80. The van der Waals surface area contributed by atoms with Gasteiger partial charge in [-0.3, -0.25) is 45.0 Å². The number of ether oxygens (including phenoxy) is 2. The Labute approximate surface area is 180 Å². The third-order valence-corrected chi connectivity index (χ3v) is 4.86. The van der Waals surface area contributed by atoms with Crippen molar-refractivity contribution in [3.05, 3.63) is 63.7 Å². The Hall–Kier alpha value is -4.48. The zero-order valence-corrected chi connectivity index (χ0v) is 16.4. The van der Waals surface area contributed by atoms with Gasteiger partial charge < -0.3 is 9.47 Å². The molecule has 0 bridgehead atoms. The number of imide groups is 1. The van der Waals surface area contributed by atoms with E-state index >= 15 is 0 Å². The van der Waals surface area contributed by atoms with Crippen LogP contribution in [0.5, 0.6) is 11.5 Å². The number of hydrazine groups is 1. The molecule has 0 aliphatic carbocycles. The standard InChI is InChI=1S/C20H16N4O8/c25-16(21-22-18(26)15-10-31-13-6-1-2-7-14(13)32-15)8-9-23-19(27)11-4-3-5-12(24(29)30)17(11)20(23)28/h1-7,15H,8-10H2,(H,21,25)(H,22,26)/t15-/m0/s1. The molecule has 0 spiro atoms. The van der Waals surface area contributed by atoms with E-state index in [9.17, 15) is 29.3 Å². The molecular formula is C20H16N4O8. The highest BCUT2D eigenvalue weighted by Gasteiger charge is 2.40. The summed E-state index contributed by atoms with van der Waals surface area (Å²) in [5.74, 6) is -2.00. The number of rotatable bonds is 5. The summed E-state index contributed by atoms with van der Waals surface area (Å²) in [5.41, 5.74) is 3.51. The molecule has 0 fully saturated rings. The Balaban J connectivity index is 1.30. The summed E-state index contributed by atoms with van der Waals surface area (Å²) in [4.78, 5) is 60.4. The van der Waals surface area contributed by atoms with Gasteiger partial charge in [-0.2, -0.15) is 0 Å². The first-order chi connectivity index (χ1) is 15.4. The molecule has 2 aromatic rings.